The van der Waals surface area contributed by atoms with E-state index in [0.29, 0.717) is 17.1 Å². The van der Waals surface area contributed by atoms with Crippen molar-refractivity contribution < 1.29 is 4.74 Å². The van der Waals surface area contributed by atoms with Crippen molar-refractivity contribution in [1.82, 2.24) is 4.98 Å². The van der Waals surface area contributed by atoms with E-state index in [0.717, 1.165) is 0 Å². The van der Waals surface area contributed by atoms with Crippen molar-refractivity contribution in [3.63, 3.8) is 0 Å². The summed E-state index contributed by atoms with van der Waals surface area (Å²) < 4.78 is 5.07. The molecular formula is C13H8Cl3N3O. The highest BCUT2D eigenvalue weighted by atomic mass is 35.5. The number of aromatic nitrogens is 1. The molecule has 2 rings (SSSR count). The van der Waals surface area contributed by atoms with Crippen LogP contribution in [0.3, 0.4) is 0 Å². The topological polar surface area (TPSA) is 57.9 Å². The molecule has 0 saturated carbocycles. The van der Waals surface area contributed by atoms with Gasteiger partial charge in [0.15, 0.2) is 10.3 Å². The quantitative estimate of drug-likeness (QED) is 0.832. The molecule has 7 heteroatoms. The molecule has 0 atom stereocenters. The van der Waals surface area contributed by atoms with E-state index in [4.69, 9.17) is 44.8 Å². The average Bonchev–Trinajstić information content (AvgIpc) is 2.45. The molecule has 20 heavy (non-hydrogen) atoms. The second-order valence-corrected chi connectivity index (χ2v) is 4.82. The predicted molar refractivity (Wildman–Crippen MR) is 80.3 cm³/mol. The van der Waals surface area contributed by atoms with E-state index in [1.54, 1.807) is 31.4 Å². The van der Waals surface area contributed by atoms with E-state index in [2.05, 4.69) is 10.3 Å². The zero-order chi connectivity index (χ0) is 14.7. The van der Waals surface area contributed by atoms with Crippen LogP contribution in [0, 0.1) is 11.3 Å². The molecule has 4 nitrogen and oxygen atoms in total. The van der Waals surface area contributed by atoms with Gasteiger partial charge in [0.1, 0.15) is 22.4 Å². The molecule has 0 spiro atoms. The minimum Gasteiger partial charge on any atom is -0.497 e. The molecule has 0 aliphatic carbocycles. The minimum atomic E-state index is -0.00193. The molecule has 0 aliphatic heterocycles. The number of hydrogen-bond acceptors (Lipinski definition) is 4. The van der Waals surface area contributed by atoms with Gasteiger partial charge in [0.25, 0.3) is 0 Å². The highest BCUT2D eigenvalue weighted by Crippen LogP contribution is 2.37. The van der Waals surface area contributed by atoms with Crippen molar-refractivity contribution in [2.75, 3.05) is 12.4 Å². The first-order chi connectivity index (χ1) is 9.56. The molecule has 1 aromatic carbocycles. The zero-order valence-electron chi connectivity index (χ0n) is 10.2. The van der Waals surface area contributed by atoms with Gasteiger partial charge in [-0.15, -0.1) is 0 Å². The maximum absolute atomic E-state index is 9.14. The van der Waals surface area contributed by atoms with Crippen LogP contribution in [0.5, 0.6) is 5.75 Å². The van der Waals surface area contributed by atoms with Crippen LogP contribution in [0.25, 0.3) is 0 Å². The Morgan fingerprint density at radius 3 is 2.35 bits per heavy atom. The molecular weight excluding hydrogens is 321 g/mol. The van der Waals surface area contributed by atoms with Crippen LogP contribution in [-0.4, -0.2) is 12.1 Å². The Kier molecular flexibility index (Phi) is 4.56. The van der Waals surface area contributed by atoms with Crippen LogP contribution >= 0.6 is 34.8 Å². The molecule has 0 fully saturated rings. The van der Waals surface area contributed by atoms with Gasteiger partial charge >= 0.3 is 0 Å². The van der Waals surface area contributed by atoms with E-state index >= 15 is 0 Å². The fourth-order valence-corrected chi connectivity index (χ4v) is 2.17. The van der Waals surface area contributed by atoms with E-state index in [1.165, 1.54) is 0 Å². The van der Waals surface area contributed by atoms with Crippen LogP contribution in [0.15, 0.2) is 24.3 Å². The van der Waals surface area contributed by atoms with Crippen molar-refractivity contribution in [2.45, 2.75) is 0 Å². The number of anilines is 2. The summed E-state index contributed by atoms with van der Waals surface area (Å²) in [6.45, 7) is 0. The van der Waals surface area contributed by atoms with Crippen molar-refractivity contribution in [2.24, 2.45) is 0 Å². The molecule has 0 unspecified atom stereocenters. The van der Waals surface area contributed by atoms with E-state index < -0.39 is 0 Å². The third-order valence-corrected chi connectivity index (χ3v) is 3.54. The third kappa shape index (κ3) is 2.91. The summed E-state index contributed by atoms with van der Waals surface area (Å²) in [6.07, 6.45) is 0. The first kappa shape index (κ1) is 14.7. The first-order valence-corrected chi connectivity index (χ1v) is 6.56. The molecule has 1 N–H and O–H groups in total. The smallest absolute Gasteiger partial charge is 0.151 e. The second kappa shape index (κ2) is 6.19. The van der Waals surface area contributed by atoms with Gasteiger partial charge in [-0.25, -0.2) is 4.98 Å². The molecule has 0 saturated heterocycles. The van der Waals surface area contributed by atoms with Crippen LogP contribution < -0.4 is 10.1 Å². The standard InChI is InChI=1S/C13H8Cl3N3O/c1-20-8-4-2-7(3-5-8)18-11-9(6-17)12(15)19-13(16)10(11)14/h2-5H,1H3,(H,18,19). The Labute approximate surface area is 130 Å². The Morgan fingerprint density at radius 1 is 1.15 bits per heavy atom. The molecule has 2 aromatic rings. The lowest BCUT2D eigenvalue weighted by atomic mass is 10.2. The molecule has 0 amide bonds. The number of nitriles is 1. The number of rotatable bonds is 3. The van der Waals surface area contributed by atoms with Gasteiger partial charge in [-0.2, -0.15) is 5.26 Å². The first-order valence-electron chi connectivity index (χ1n) is 5.42. The third-order valence-electron chi connectivity index (χ3n) is 2.52. The lowest BCUT2D eigenvalue weighted by molar-refractivity contribution is 0.415. The molecule has 1 aromatic heterocycles. The highest BCUT2D eigenvalue weighted by Gasteiger charge is 2.17. The summed E-state index contributed by atoms with van der Waals surface area (Å²) in [5.41, 5.74) is 1.17. The Morgan fingerprint density at radius 2 is 1.80 bits per heavy atom. The van der Waals surface area contributed by atoms with E-state index in [-0.39, 0.29) is 20.9 Å². The lowest BCUT2D eigenvalue weighted by Gasteiger charge is -2.12. The largest absolute Gasteiger partial charge is 0.497 e. The second-order valence-electron chi connectivity index (χ2n) is 3.72. The number of benzene rings is 1. The fraction of sp³-hybridized carbons (Fsp3) is 0.0769. The minimum absolute atomic E-state index is 0.00193. The number of nitrogens with zero attached hydrogens (tertiary/aromatic N) is 2. The van der Waals surface area contributed by atoms with Crippen molar-refractivity contribution in [3.05, 3.63) is 45.2 Å². The van der Waals surface area contributed by atoms with E-state index in [9.17, 15) is 0 Å². The zero-order valence-corrected chi connectivity index (χ0v) is 12.5. The number of nitrogens with one attached hydrogen (secondary N) is 1. The number of methoxy groups -OCH3 is 1. The fourth-order valence-electron chi connectivity index (χ4n) is 1.55. The van der Waals surface area contributed by atoms with Gasteiger partial charge in [0, 0.05) is 5.69 Å². The van der Waals surface area contributed by atoms with Gasteiger partial charge in [-0.1, -0.05) is 34.8 Å². The molecule has 0 bridgehead atoms. The summed E-state index contributed by atoms with van der Waals surface area (Å²) in [4.78, 5) is 3.79. The number of halogens is 3. The highest BCUT2D eigenvalue weighted by molar-refractivity contribution is 6.44. The molecule has 102 valence electrons. The maximum atomic E-state index is 9.14. The van der Waals surface area contributed by atoms with E-state index in [1.807, 2.05) is 6.07 Å². The Balaban J connectivity index is 2.44. The Hall–Kier alpha value is -1.67. The van der Waals surface area contributed by atoms with Crippen LogP contribution in [0.2, 0.25) is 15.3 Å². The number of ether oxygens (including phenoxy) is 1. The van der Waals surface area contributed by atoms with Gasteiger partial charge in [0.2, 0.25) is 0 Å². The molecule has 1 heterocycles. The maximum Gasteiger partial charge on any atom is 0.151 e. The summed E-state index contributed by atoms with van der Waals surface area (Å²) in [5.74, 6) is 0.716. The SMILES string of the molecule is COc1ccc(Nc2c(Cl)c(Cl)nc(Cl)c2C#N)cc1. The summed E-state index contributed by atoms with van der Waals surface area (Å²) in [5, 5.41) is 12.3. The lowest BCUT2D eigenvalue weighted by Crippen LogP contribution is -1.98. The van der Waals surface area contributed by atoms with Crippen LogP contribution in [0.1, 0.15) is 5.56 Å². The average molecular weight is 329 g/mol. The summed E-state index contributed by atoms with van der Waals surface area (Å²) >= 11 is 17.8. The van der Waals surface area contributed by atoms with Crippen LogP contribution in [0.4, 0.5) is 11.4 Å². The monoisotopic (exact) mass is 327 g/mol. The van der Waals surface area contributed by atoms with Crippen molar-refractivity contribution >= 4 is 46.2 Å². The molecule has 0 radical (unpaired) electrons. The normalized spacial score (nSPS) is 9.95. The van der Waals surface area contributed by atoms with Gasteiger partial charge < -0.3 is 10.1 Å². The predicted octanol–water partition coefficient (Wildman–Crippen LogP) is 4.67. The van der Waals surface area contributed by atoms with Gasteiger partial charge in [-0.05, 0) is 24.3 Å². The number of hydrogen-bond donors (Lipinski definition) is 1. The molecule has 0 aliphatic rings. The van der Waals surface area contributed by atoms with Crippen molar-refractivity contribution in [1.29, 1.82) is 5.26 Å². The van der Waals surface area contributed by atoms with Crippen molar-refractivity contribution in [3.8, 4) is 11.8 Å². The summed E-state index contributed by atoms with van der Waals surface area (Å²) in [7, 11) is 1.58. The summed E-state index contributed by atoms with van der Waals surface area (Å²) in [6, 6.07) is 9.04. The van der Waals surface area contributed by atoms with Gasteiger partial charge in [-0.3, -0.25) is 0 Å². The number of pyridine rings is 1. The Bertz CT molecular complexity index is 681. The van der Waals surface area contributed by atoms with Crippen LogP contribution in [-0.2, 0) is 0 Å². The van der Waals surface area contributed by atoms with Gasteiger partial charge in [0.05, 0.1) is 12.8 Å².